The van der Waals surface area contributed by atoms with Gasteiger partial charge in [0.1, 0.15) is 0 Å². The van der Waals surface area contributed by atoms with Crippen LogP contribution in [0.4, 0.5) is 10.8 Å². The molecule has 0 aliphatic heterocycles. The number of rotatable bonds is 6. The van der Waals surface area contributed by atoms with Crippen LogP contribution in [0.15, 0.2) is 29.6 Å². The number of hydrazine groups is 1. The normalized spacial score (nSPS) is 10.1. The van der Waals surface area contributed by atoms with Crippen molar-refractivity contribution in [3.63, 3.8) is 0 Å². The molecule has 0 unspecified atom stereocenters. The summed E-state index contributed by atoms with van der Waals surface area (Å²) in [6.07, 6.45) is 1.35. The van der Waals surface area contributed by atoms with Gasteiger partial charge in [-0.3, -0.25) is 20.4 Å². The molecule has 1 aromatic carbocycles. The van der Waals surface area contributed by atoms with E-state index in [-0.39, 0.29) is 11.8 Å². The van der Waals surface area contributed by atoms with Crippen molar-refractivity contribution in [1.29, 1.82) is 0 Å². The Morgan fingerprint density at radius 3 is 2.59 bits per heavy atom. The lowest BCUT2D eigenvalue weighted by molar-refractivity contribution is -0.118. The Morgan fingerprint density at radius 2 is 1.95 bits per heavy atom. The highest BCUT2D eigenvalue weighted by atomic mass is 32.1. The molecule has 116 valence electrons. The van der Waals surface area contributed by atoms with Gasteiger partial charge in [0.25, 0.3) is 0 Å². The minimum Gasteiger partial charge on any atom is -0.326 e. The van der Waals surface area contributed by atoms with Crippen molar-refractivity contribution < 1.29 is 9.59 Å². The fraction of sp³-hybridized carbons (Fsp3) is 0.267. The molecule has 7 heteroatoms. The number of thiazole rings is 1. The molecule has 2 amide bonds. The SMILES string of the molecule is CCCC(=O)Nc1ccc(-c2csc(NNC(C)=O)n2)cc1. The van der Waals surface area contributed by atoms with Gasteiger partial charge in [0.2, 0.25) is 16.9 Å². The molecule has 0 aliphatic rings. The lowest BCUT2D eigenvalue weighted by Gasteiger charge is -2.05. The number of carbonyl (C=O) groups excluding carboxylic acids is 2. The van der Waals surface area contributed by atoms with Crippen molar-refractivity contribution in [2.45, 2.75) is 26.7 Å². The number of nitrogens with one attached hydrogen (secondary N) is 3. The van der Waals surface area contributed by atoms with Gasteiger partial charge in [0.15, 0.2) is 0 Å². The van der Waals surface area contributed by atoms with Gasteiger partial charge in [-0.2, -0.15) is 0 Å². The Bertz CT molecular complexity index is 652. The summed E-state index contributed by atoms with van der Waals surface area (Å²) in [4.78, 5) is 26.7. The van der Waals surface area contributed by atoms with Crippen molar-refractivity contribution in [1.82, 2.24) is 10.4 Å². The molecule has 2 rings (SSSR count). The van der Waals surface area contributed by atoms with Crippen LogP contribution in [-0.2, 0) is 9.59 Å². The van der Waals surface area contributed by atoms with Crippen LogP contribution in [0.1, 0.15) is 26.7 Å². The molecule has 0 saturated heterocycles. The molecular weight excluding hydrogens is 300 g/mol. The van der Waals surface area contributed by atoms with Gasteiger partial charge in [-0.15, -0.1) is 11.3 Å². The Morgan fingerprint density at radius 1 is 1.23 bits per heavy atom. The number of amides is 2. The molecule has 0 atom stereocenters. The number of hydrogen-bond acceptors (Lipinski definition) is 5. The van der Waals surface area contributed by atoms with Gasteiger partial charge >= 0.3 is 0 Å². The highest BCUT2D eigenvalue weighted by Crippen LogP contribution is 2.25. The highest BCUT2D eigenvalue weighted by Gasteiger charge is 2.06. The Kier molecular flexibility index (Phi) is 5.48. The fourth-order valence-electron chi connectivity index (χ4n) is 1.78. The minimum atomic E-state index is -0.177. The van der Waals surface area contributed by atoms with E-state index in [9.17, 15) is 9.59 Å². The summed E-state index contributed by atoms with van der Waals surface area (Å²) in [6, 6.07) is 7.50. The van der Waals surface area contributed by atoms with Gasteiger partial charge in [-0.1, -0.05) is 19.1 Å². The number of hydrogen-bond donors (Lipinski definition) is 3. The average molecular weight is 318 g/mol. The molecule has 2 aromatic rings. The van der Waals surface area contributed by atoms with Gasteiger partial charge < -0.3 is 5.32 Å². The number of carbonyl (C=O) groups is 2. The molecule has 0 radical (unpaired) electrons. The first-order valence-corrected chi connectivity index (χ1v) is 7.85. The molecular formula is C15H18N4O2S. The number of nitrogens with zero attached hydrogens (tertiary/aromatic N) is 1. The zero-order valence-electron chi connectivity index (χ0n) is 12.5. The first-order chi connectivity index (χ1) is 10.6. The molecule has 0 aliphatic carbocycles. The van der Waals surface area contributed by atoms with Crippen LogP contribution in [0.25, 0.3) is 11.3 Å². The maximum absolute atomic E-state index is 11.5. The van der Waals surface area contributed by atoms with E-state index >= 15 is 0 Å². The smallest absolute Gasteiger partial charge is 0.235 e. The second-order valence-electron chi connectivity index (χ2n) is 4.72. The summed E-state index contributed by atoms with van der Waals surface area (Å²) >= 11 is 1.40. The fourth-order valence-corrected chi connectivity index (χ4v) is 2.45. The van der Waals surface area contributed by atoms with Crippen LogP contribution < -0.4 is 16.2 Å². The summed E-state index contributed by atoms with van der Waals surface area (Å²) < 4.78 is 0. The molecule has 0 fully saturated rings. The third-order valence-corrected chi connectivity index (χ3v) is 3.55. The van der Waals surface area contributed by atoms with Gasteiger partial charge in [-0.05, 0) is 18.6 Å². The quantitative estimate of drug-likeness (QED) is 0.715. The lowest BCUT2D eigenvalue weighted by Crippen LogP contribution is -2.26. The average Bonchev–Trinajstić information content (AvgIpc) is 2.95. The molecule has 1 aromatic heterocycles. The highest BCUT2D eigenvalue weighted by molar-refractivity contribution is 7.14. The van der Waals surface area contributed by atoms with E-state index in [1.54, 1.807) is 0 Å². The minimum absolute atomic E-state index is 0.0192. The van der Waals surface area contributed by atoms with E-state index in [0.29, 0.717) is 11.6 Å². The van der Waals surface area contributed by atoms with Gasteiger partial charge in [-0.25, -0.2) is 4.98 Å². The second kappa shape index (κ2) is 7.56. The van der Waals surface area contributed by atoms with Crippen LogP contribution in [0.2, 0.25) is 0 Å². The van der Waals surface area contributed by atoms with Crippen LogP contribution in [-0.4, -0.2) is 16.8 Å². The first-order valence-electron chi connectivity index (χ1n) is 6.97. The summed E-state index contributed by atoms with van der Waals surface area (Å²) in [5, 5.41) is 5.36. The number of benzene rings is 1. The molecule has 0 spiro atoms. The van der Waals surface area contributed by atoms with Crippen molar-refractivity contribution in [3.05, 3.63) is 29.6 Å². The third kappa shape index (κ3) is 4.56. The van der Waals surface area contributed by atoms with E-state index in [1.165, 1.54) is 18.3 Å². The summed E-state index contributed by atoms with van der Waals surface area (Å²) in [5.74, 6) is -0.158. The van der Waals surface area contributed by atoms with Crippen molar-refractivity contribution in [2.24, 2.45) is 0 Å². The van der Waals surface area contributed by atoms with Crippen molar-refractivity contribution in [2.75, 3.05) is 10.7 Å². The molecule has 6 nitrogen and oxygen atoms in total. The van der Waals surface area contributed by atoms with E-state index < -0.39 is 0 Å². The predicted octanol–water partition coefficient (Wildman–Crippen LogP) is 3.01. The third-order valence-electron chi connectivity index (χ3n) is 2.79. The van der Waals surface area contributed by atoms with E-state index in [4.69, 9.17) is 0 Å². The Hall–Kier alpha value is -2.41. The Balaban J connectivity index is 2.01. The van der Waals surface area contributed by atoms with Crippen LogP contribution >= 0.6 is 11.3 Å². The zero-order valence-corrected chi connectivity index (χ0v) is 13.3. The second-order valence-corrected chi connectivity index (χ2v) is 5.58. The van der Waals surface area contributed by atoms with Crippen LogP contribution in [0.3, 0.4) is 0 Å². The molecule has 3 N–H and O–H groups in total. The van der Waals surface area contributed by atoms with Gasteiger partial charge in [0.05, 0.1) is 5.69 Å². The van der Waals surface area contributed by atoms with E-state index in [2.05, 4.69) is 21.2 Å². The zero-order chi connectivity index (χ0) is 15.9. The van der Waals surface area contributed by atoms with E-state index in [1.807, 2.05) is 36.6 Å². The molecule has 0 bridgehead atoms. The van der Waals surface area contributed by atoms with Crippen molar-refractivity contribution in [3.8, 4) is 11.3 Å². The van der Waals surface area contributed by atoms with Gasteiger partial charge in [0, 0.05) is 30.0 Å². The van der Waals surface area contributed by atoms with Crippen molar-refractivity contribution >= 4 is 34.0 Å². The lowest BCUT2D eigenvalue weighted by atomic mass is 10.1. The maximum atomic E-state index is 11.5. The molecule has 0 saturated carbocycles. The van der Waals surface area contributed by atoms with Crippen LogP contribution in [0.5, 0.6) is 0 Å². The summed E-state index contributed by atoms with van der Waals surface area (Å²) in [7, 11) is 0. The Labute approximate surface area is 132 Å². The largest absolute Gasteiger partial charge is 0.326 e. The van der Waals surface area contributed by atoms with Crippen LogP contribution in [0, 0.1) is 0 Å². The predicted molar refractivity (Wildman–Crippen MR) is 88.5 cm³/mol. The molecule has 1 heterocycles. The standard InChI is InChI=1S/C15H18N4O2S/c1-3-4-14(21)16-12-7-5-11(6-8-12)13-9-22-15(17-13)19-18-10(2)20/h5-9H,3-4H2,1-2H3,(H,16,21)(H,17,19)(H,18,20). The topological polar surface area (TPSA) is 83.1 Å². The summed E-state index contributed by atoms with van der Waals surface area (Å²) in [5.41, 5.74) is 7.74. The molecule has 22 heavy (non-hydrogen) atoms. The first kappa shape index (κ1) is 16.0. The van der Waals surface area contributed by atoms with E-state index in [0.717, 1.165) is 23.4 Å². The summed E-state index contributed by atoms with van der Waals surface area (Å²) in [6.45, 7) is 3.39. The number of aromatic nitrogens is 1. The number of anilines is 2. The maximum Gasteiger partial charge on any atom is 0.235 e. The monoisotopic (exact) mass is 318 g/mol.